The summed E-state index contributed by atoms with van der Waals surface area (Å²) in [4.78, 5) is 39.7. The molecule has 150 valence electrons. The lowest BCUT2D eigenvalue weighted by atomic mass is 10.0. The molecule has 1 atom stereocenters. The van der Waals surface area contributed by atoms with Gasteiger partial charge < -0.3 is 14.8 Å². The zero-order valence-corrected chi connectivity index (χ0v) is 17.1. The SMILES string of the molecule is CNC(=O)c1cc(C(=O)CCCC(C)N(C)C)cn(Cc2ccccc2)c1=O. The number of carbonyl (C=O) groups is 2. The van der Waals surface area contributed by atoms with Crippen molar-refractivity contribution < 1.29 is 9.59 Å². The number of hydrogen-bond donors (Lipinski definition) is 1. The molecule has 0 spiro atoms. The van der Waals surface area contributed by atoms with Gasteiger partial charge in [-0.3, -0.25) is 14.4 Å². The number of benzene rings is 1. The van der Waals surface area contributed by atoms with E-state index < -0.39 is 11.5 Å². The molecule has 1 unspecified atom stereocenters. The average molecular weight is 383 g/mol. The minimum Gasteiger partial charge on any atom is -0.355 e. The van der Waals surface area contributed by atoms with Gasteiger partial charge in [-0.2, -0.15) is 0 Å². The Morgan fingerprint density at radius 2 is 1.86 bits per heavy atom. The number of rotatable bonds is 9. The molecule has 28 heavy (non-hydrogen) atoms. The van der Waals surface area contributed by atoms with Gasteiger partial charge in [-0.05, 0) is 45.5 Å². The molecule has 0 radical (unpaired) electrons. The second kappa shape index (κ2) is 9.99. The Morgan fingerprint density at radius 3 is 2.46 bits per heavy atom. The molecule has 0 aliphatic rings. The number of amides is 1. The normalized spacial score (nSPS) is 12.0. The molecule has 1 aromatic heterocycles. The Balaban J connectivity index is 2.28. The van der Waals surface area contributed by atoms with Gasteiger partial charge in [0, 0.05) is 31.3 Å². The summed E-state index contributed by atoms with van der Waals surface area (Å²) in [5, 5.41) is 2.48. The maximum atomic E-state index is 12.7. The predicted molar refractivity (Wildman–Crippen MR) is 111 cm³/mol. The van der Waals surface area contributed by atoms with Crippen LogP contribution < -0.4 is 10.9 Å². The molecule has 1 aromatic carbocycles. The lowest BCUT2D eigenvalue weighted by Gasteiger charge is -2.19. The maximum Gasteiger partial charge on any atom is 0.263 e. The van der Waals surface area contributed by atoms with Gasteiger partial charge in [-0.15, -0.1) is 0 Å². The van der Waals surface area contributed by atoms with Gasteiger partial charge >= 0.3 is 0 Å². The van der Waals surface area contributed by atoms with Gasteiger partial charge in [0.2, 0.25) is 0 Å². The number of hydrogen-bond acceptors (Lipinski definition) is 4. The quantitative estimate of drug-likeness (QED) is 0.676. The van der Waals surface area contributed by atoms with Crippen LogP contribution in [0.2, 0.25) is 0 Å². The lowest BCUT2D eigenvalue weighted by molar-refractivity contribution is 0.0961. The third kappa shape index (κ3) is 5.63. The molecule has 0 saturated carbocycles. The fraction of sp³-hybridized carbons (Fsp3) is 0.409. The second-order valence-corrected chi connectivity index (χ2v) is 7.27. The number of ketones is 1. The van der Waals surface area contributed by atoms with Crippen molar-refractivity contribution in [1.29, 1.82) is 0 Å². The summed E-state index contributed by atoms with van der Waals surface area (Å²) in [5.41, 5.74) is 0.912. The van der Waals surface area contributed by atoms with E-state index in [1.807, 2.05) is 44.4 Å². The molecule has 2 aromatic rings. The highest BCUT2D eigenvalue weighted by atomic mass is 16.2. The summed E-state index contributed by atoms with van der Waals surface area (Å²) in [5.74, 6) is -0.541. The van der Waals surface area contributed by atoms with E-state index in [1.165, 1.54) is 17.7 Å². The summed E-state index contributed by atoms with van der Waals surface area (Å²) < 4.78 is 1.44. The monoisotopic (exact) mass is 383 g/mol. The molecule has 0 aliphatic carbocycles. The standard InChI is InChI=1S/C22H29N3O3/c1-16(24(3)4)9-8-12-20(26)18-13-19(21(27)23-2)22(28)25(15-18)14-17-10-6-5-7-11-17/h5-7,10-11,13,15-16H,8-9,12,14H2,1-4H3,(H,23,27). The molecule has 0 aliphatic heterocycles. The van der Waals surface area contributed by atoms with Crippen LogP contribution in [0.25, 0.3) is 0 Å². The van der Waals surface area contributed by atoms with Gasteiger partial charge in [0.1, 0.15) is 5.56 Å². The van der Waals surface area contributed by atoms with Crippen molar-refractivity contribution >= 4 is 11.7 Å². The van der Waals surface area contributed by atoms with E-state index in [2.05, 4.69) is 17.1 Å². The molecule has 1 amide bonds. The van der Waals surface area contributed by atoms with Crippen LogP contribution >= 0.6 is 0 Å². The molecular weight excluding hydrogens is 354 g/mol. The minimum absolute atomic E-state index is 0.00839. The van der Waals surface area contributed by atoms with E-state index in [9.17, 15) is 14.4 Å². The highest BCUT2D eigenvalue weighted by molar-refractivity contribution is 6.00. The van der Waals surface area contributed by atoms with Crippen molar-refractivity contribution in [2.75, 3.05) is 21.1 Å². The van der Waals surface area contributed by atoms with Crippen molar-refractivity contribution in [1.82, 2.24) is 14.8 Å². The molecule has 2 rings (SSSR count). The summed E-state index contributed by atoms with van der Waals surface area (Å²) >= 11 is 0. The van der Waals surface area contributed by atoms with Gasteiger partial charge in [0.05, 0.1) is 6.54 Å². The Labute approximate surface area is 166 Å². The van der Waals surface area contributed by atoms with E-state index in [-0.39, 0.29) is 11.3 Å². The fourth-order valence-electron chi connectivity index (χ4n) is 2.94. The average Bonchev–Trinajstić information content (AvgIpc) is 2.69. The van der Waals surface area contributed by atoms with E-state index in [1.54, 1.807) is 6.20 Å². The number of Topliss-reactive ketones (excluding diaryl/α,β-unsaturated/α-hetero) is 1. The molecular formula is C22H29N3O3. The Bertz CT molecular complexity index is 872. The molecule has 1 heterocycles. The summed E-state index contributed by atoms with van der Waals surface area (Å²) in [6, 6.07) is 11.3. The van der Waals surface area contributed by atoms with Crippen LogP contribution in [0.3, 0.4) is 0 Å². The smallest absolute Gasteiger partial charge is 0.263 e. The summed E-state index contributed by atoms with van der Waals surface area (Å²) in [6.07, 6.45) is 3.62. The Morgan fingerprint density at radius 1 is 1.18 bits per heavy atom. The highest BCUT2D eigenvalue weighted by Gasteiger charge is 2.17. The van der Waals surface area contributed by atoms with Crippen molar-refractivity contribution in [3.8, 4) is 0 Å². The van der Waals surface area contributed by atoms with Crippen molar-refractivity contribution in [3.05, 3.63) is 69.6 Å². The number of carbonyl (C=O) groups excluding carboxylic acids is 2. The zero-order chi connectivity index (χ0) is 20.7. The molecule has 0 fully saturated rings. The van der Waals surface area contributed by atoms with E-state index in [0.29, 0.717) is 24.6 Å². The molecule has 6 nitrogen and oxygen atoms in total. The van der Waals surface area contributed by atoms with Gasteiger partial charge in [-0.1, -0.05) is 30.3 Å². The van der Waals surface area contributed by atoms with Crippen molar-refractivity contribution in [2.24, 2.45) is 0 Å². The molecule has 0 bridgehead atoms. The molecule has 1 N–H and O–H groups in total. The first-order valence-electron chi connectivity index (χ1n) is 9.53. The van der Waals surface area contributed by atoms with Crippen LogP contribution in [0.15, 0.2) is 47.4 Å². The number of aromatic nitrogens is 1. The number of pyridine rings is 1. The van der Waals surface area contributed by atoms with E-state index in [0.717, 1.165) is 18.4 Å². The number of nitrogens with zero attached hydrogens (tertiary/aromatic N) is 2. The van der Waals surface area contributed by atoms with Gasteiger partial charge in [0.25, 0.3) is 11.5 Å². The van der Waals surface area contributed by atoms with E-state index in [4.69, 9.17) is 0 Å². The number of nitrogens with one attached hydrogen (secondary N) is 1. The summed E-state index contributed by atoms with van der Waals surface area (Å²) in [7, 11) is 5.50. The third-order valence-corrected chi connectivity index (χ3v) is 4.98. The van der Waals surface area contributed by atoms with Crippen LogP contribution in [-0.4, -0.2) is 48.3 Å². The van der Waals surface area contributed by atoms with Crippen molar-refractivity contribution in [2.45, 2.75) is 38.8 Å². The highest BCUT2D eigenvalue weighted by Crippen LogP contribution is 2.12. The van der Waals surface area contributed by atoms with Gasteiger partial charge in [0.15, 0.2) is 5.78 Å². The van der Waals surface area contributed by atoms with Crippen LogP contribution in [0.1, 0.15) is 52.5 Å². The van der Waals surface area contributed by atoms with Crippen LogP contribution in [0.4, 0.5) is 0 Å². The van der Waals surface area contributed by atoms with Crippen LogP contribution in [0, 0.1) is 0 Å². The van der Waals surface area contributed by atoms with E-state index >= 15 is 0 Å². The predicted octanol–water partition coefficient (Wildman–Crippen LogP) is 2.56. The minimum atomic E-state index is -0.484. The van der Waals surface area contributed by atoms with Crippen LogP contribution in [-0.2, 0) is 6.54 Å². The lowest BCUT2D eigenvalue weighted by Crippen LogP contribution is -2.32. The molecule has 6 heteroatoms. The first-order valence-corrected chi connectivity index (χ1v) is 9.53. The fourth-order valence-corrected chi connectivity index (χ4v) is 2.94. The van der Waals surface area contributed by atoms with Crippen LogP contribution in [0.5, 0.6) is 0 Å². The summed E-state index contributed by atoms with van der Waals surface area (Å²) in [6.45, 7) is 2.43. The Kier molecular flexibility index (Phi) is 7.70. The van der Waals surface area contributed by atoms with Crippen molar-refractivity contribution in [3.63, 3.8) is 0 Å². The largest absolute Gasteiger partial charge is 0.355 e. The van der Waals surface area contributed by atoms with Gasteiger partial charge in [-0.25, -0.2) is 0 Å². The molecule has 0 saturated heterocycles. The zero-order valence-electron chi connectivity index (χ0n) is 17.1. The topological polar surface area (TPSA) is 71.4 Å². The third-order valence-electron chi connectivity index (χ3n) is 4.98. The first kappa shape index (κ1) is 21.6. The Hall–Kier alpha value is -2.73. The second-order valence-electron chi connectivity index (χ2n) is 7.27. The maximum absolute atomic E-state index is 12.7. The first-order chi connectivity index (χ1) is 13.3.